The summed E-state index contributed by atoms with van der Waals surface area (Å²) in [5.41, 5.74) is 0.882. The van der Waals surface area contributed by atoms with Crippen LogP contribution in [-0.4, -0.2) is 50.4 Å². The fourth-order valence-electron chi connectivity index (χ4n) is 2.06. The highest BCUT2D eigenvalue weighted by Crippen LogP contribution is 2.34. The lowest BCUT2D eigenvalue weighted by molar-refractivity contribution is -0.137. The summed E-state index contributed by atoms with van der Waals surface area (Å²) in [5.74, 6) is 1.18. The predicted molar refractivity (Wildman–Crippen MR) is 79.3 cm³/mol. The van der Waals surface area contributed by atoms with Crippen LogP contribution in [0.5, 0.6) is 17.2 Å². The third-order valence-electron chi connectivity index (χ3n) is 3.29. The molecule has 1 aromatic carbocycles. The Morgan fingerprint density at radius 3 is 2.10 bits per heavy atom. The topological polar surface area (TPSA) is 68.2 Å². The van der Waals surface area contributed by atoms with Crippen LogP contribution in [0.25, 0.3) is 0 Å². The maximum atomic E-state index is 10.7. The first-order chi connectivity index (χ1) is 10.0. The average molecular weight is 297 g/mol. The van der Waals surface area contributed by atoms with E-state index in [0.29, 0.717) is 30.3 Å². The highest BCUT2D eigenvalue weighted by atomic mass is 16.5. The van der Waals surface area contributed by atoms with Gasteiger partial charge in [0.25, 0.3) is 0 Å². The third-order valence-corrected chi connectivity index (χ3v) is 3.29. The number of hydrogen-bond donors (Lipinski definition) is 1. The van der Waals surface area contributed by atoms with Crippen LogP contribution in [0.3, 0.4) is 0 Å². The van der Waals surface area contributed by atoms with E-state index in [0.717, 1.165) is 12.1 Å². The Kier molecular flexibility index (Phi) is 6.81. The molecule has 0 saturated carbocycles. The van der Waals surface area contributed by atoms with Crippen molar-refractivity contribution in [3.63, 3.8) is 0 Å². The molecule has 0 heterocycles. The highest BCUT2D eigenvalue weighted by molar-refractivity contribution is 5.66. The standard InChI is InChI=1S/C15H23NO5/c1-5-16(7-6-15(17)18)10-12-13(20-3)8-11(19-2)9-14(12)21-4/h8-9H,5-7,10H2,1-4H3,(H,17,18). The van der Waals surface area contributed by atoms with Crippen molar-refractivity contribution >= 4 is 5.97 Å². The van der Waals surface area contributed by atoms with Gasteiger partial charge in [0.15, 0.2) is 0 Å². The second-order valence-corrected chi connectivity index (χ2v) is 4.52. The van der Waals surface area contributed by atoms with Crippen molar-refractivity contribution in [2.75, 3.05) is 34.4 Å². The predicted octanol–water partition coefficient (Wildman–Crippen LogP) is 2.01. The maximum Gasteiger partial charge on any atom is 0.304 e. The Morgan fingerprint density at radius 1 is 1.14 bits per heavy atom. The van der Waals surface area contributed by atoms with Crippen molar-refractivity contribution in [2.45, 2.75) is 19.9 Å². The van der Waals surface area contributed by atoms with Crippen molar-refractivity contribution in [1.29, 1.82) is 0 Å². The summed E-state index contributed by atoms with van der Waals surface area (Å²) in [6, 6.07) is 3.59. The fraction of sp³-hybridized carbons (Fsp3) is 0.533. The van der Waals surface area contributed by atoms with Crippen LogP contribution in [0, 0.1) is 0 Å². The lowest BCUT2D eigenvalue weighted by Gasteiger charge is -2.23. The Balaban J connectivity index is 3.00. The molecule has 1 aromatic rings. The molecule has 1 rings (SSSR count). The van der Waals surface area contributed by atoms with Gasteiger partial charge in [-0.3, -0.25) is 9.69 Å². The van der Waals surface area contributed by atoms with Gasteiger partial charge in [-0.05, 0) is 6.54 Å². The van der Waals surface area contributed by atoms with Gasteiger partial charge < -0.3 is 19.3 Å². The van der Waals surface area contributed by atoms with Gasteiger partial charge in [0.05, 0.1) is 33.3 Å². The van der Waals surface area contributed by atoms with Gasteiger partial charge in [0.1, 0.15) is 17.2 Å². The molecule has 1 N–H and O–H groups in total. The van der Waals surface area contributed by atoms with Crippen molar-refractivity contribution in [3.05, 3.63) is 17.7 Å². The van der Waals surface area contributed by atoms with Crippen LogP contribution in [0.15, 0.2) is 12.1 Å². The zero-order valence-corrected chi connectivity index (χ0v) is 13.0. The van der Waals surface area contributed by atoms with Crippen LogP contribution in [0.4, 0.5) is 0 Å². The Hall–Kier alpha value is -1.95. The SMILES string of the molecule is CCN(CCC(=O)O)Cc1c(OC)cc(OC)cc1OC. The summed E-state index contributed by atoms with van der Waals surface area (Å²) in [6.07, 6.45) is 0.106. The quantitative estimate of drug-likeness (QED) is 0.752. The van der Waals surface area contributed by atoms with Crippen LogP contribution < -0.4 is 14.2 Å². The first-order valence-electron chi connectivity index (χ1n) is 6.78. The van der Waals surface area contributed by atoms with E-state index in [2.05, 4.69) is 0 Å². The molecular weight excluding hydrogens is 274 g/mol. The molecule has 0 saturated heterocycles. The minimum absolute atomic E-state index is 0.106. The van der Waals surface area contributed by atoms with Crippen LogP contribution in [0.1, 0.15) is 18.9 Å². The molecule has 21 heavy (non-hydrogen) atoms. The summed E-state index contributed by atoms with van der Waals surface area (Å²) in [7, 11) is 4.76. The van der Waals surface area contributed by atoms with Crippen molar-refractivity contribution in [1.82, 2.24) is 4.90 Å². The summed E-state index contributed by atoms with van der Waals surface area (Å²) in [6.45, 7) is 3.76. The number of carboxylic acids is 1. The van der Waals surface area contributed by atoms with Crippen molar-refractivity contribution < 1.29 is 24.1 Å². The number of ether oxygens (including phenoxy) is 3. The number of nitrogens with zero attached hydrogens (tertiary/aromatic N) is 1. The van der Waals surface area contributed by atoms with E-state index in [1.165, 1.54) is 0 Å². The van der Waals surface area contributed by atoms with Gasteiger partial charge in [0, 0.05) is 25.2 Å². The zero-order chi connectivity index (χ0) is 15.8. The highest BCUT2D eigenvalue weighted by Gasteiger charge is 2.16. The fourth-order valence-corrected chi connectivity index (χ4v) is 2.06. The first-order valence-corrected chi connectivity index (χ1v) is 6.78. The van der Waals surface area contributed by atoms with Gasteiger partial charge >= 0.3 is 5.97 Å². The summed E-state index contributed by atoms with van der Waals surface area (Å²) >= 11 is 0. The van der Waals surface area contributed by atoms with E-state index in [1.54, 1.807) is 33.5 Å². The number of benzene rings is 1. The second kappa shape index (κ2) is 8.36. The Labute approximate surface area is 125 Å². The van der Waals surface area contributed by atoms with E-state index in [4.69, 9.17) is 19.3 Å². The molecule has 0 amide bonds. The van der Waals surface area contributed by atoms with Crippen molar-refractivity contribution in [3.8, 4) is 17.2 Å². The first kappa shape index (κ1) is 17.1. The lowest BCUT2D eigenvalue weighted by atomic mass is 10.1. The van der Waals surface area contributed by atoms with E-state index < -0.39 is 5.97 Å². The molecule has 0 radical (unpaired) electrons. The Morgan fingerprint density at radius 2 is 1.71 bits per heavy atom. The largest absolute Gasteiger partial charge is 0.496 e. The molecule has 0 aliphatic heterocycles. The molecule has 0 unspecified atom stereocenters. The van der Waals surface area contributed by atoms with Gasteiger partial charge in [-0.2, -0.15) is 0 Å². The van der Waals surface area contributed by atoms with Crippen LogP contribution in [-0.2, 0) is 11.3 Å². The number of hydrogen-bond acceptors (Lipinski definition) is 5. The van der Waals surface area contributed by atoms with Crippen molar-refractivity contribution in [2.24, 2.45) is 0 Å². The summed E-state index contributed by atoms with van der Waals surface area (Å²) in [4.78, 5) is 12.7. The van der Waals surface area contributed by atoms with Crippen LogP contribution in [0.2, 0.25) is 0 Å². The molecular formula is C15H23NO5. The second-order valence-electron chi connectivity index (χ2n) is 4.52. The van der Waals surface area contributed by atoms with Gasteiger partial charge in [0.2, 0.25) is 0 Å². The molecule has 0 aliphatic rings. The number of carbonyl (C=O) groups is 1. The normalized spacial score (nSPS) is 10.5. The summed E-state index contributed by atoms with van der Waals surface area (Å²) in [5, 5.41) is 8.80. The van der Waals surface area contributed by atoms with Gasteiger partial charge in [-0.15, -0.1) is 0 Å². The molecule has 6 nitrogen and oxygen atoms in total. The zero-order valence-electron chi connectivity index (χ0n) is 13.0. The number of rotatable bonds is 9. The van der Waals surface area contributed by atoms with Gasteiger partial charge in [-0.25, -0.2) is 0 Å². The monoisotopic (exact) mass is 297 g/mol. The molecule has 0 atom stereocenters. The van der Waals surface area contributed by atoms with E-state index in [-0.39, 0.29) is 6.42 Å². The molecule has 118 valence electrons. The minimum atomic E-state index is -0.804. The number of carboxylic acid groups (broad SMARTS) is 1. The number of methoxy groups -OCH3 is 3. The van der Waals surface area contributed by atoms with Gasteiger partial charge in [-0.1, -0.05) is 6.92 Å². The van der Waals surface area contributed by atoms with E-state index in [1.807, 2.05) is 11.8 Å². The molecule has 6 heteroatoms. The van der Waals surface area contributed by atoms with Crippen LogP contribution >= 0.6 is 0 Å². The molecule has 0 fully saturated rings. The van der Waals surface area contributed by atoms with E-state index in [9.17, 15) is 4.79 Å². The summed E-state index contributed by atoms with van der Waals surface area (Å²) < 4.78 is 16.0. The molecule has 0 bridgehead atoms. The number of aliphatic carboxylic acids is 1. The maximum absolute atomic E-state index is 10.7. The molecule has 0 aromatic heterocycles. The third kappa shape index (κ3) is 4.82. The molecule has 0 aliphatic carbocycles. The molecule has 0 spiro atoms. The minimum Gasteiger partial charge on any atom is -0.496 e. The smallest absolute Gasteiger partial charge is 0.304 e. The Bertz CT molecular complexity index is 450. The van der Waals surface area contributed by atoms with E-state index >= 15 is 0 Å². The average Bonchev–Trinajstić information content (AvgIpc) is 2.50. The lowest BCUT2D eigenvalue weighted by Crippen LogP contribution is -2.26.